The van der Waals surface area contributed by atoms with Crippen molar-refractivity contribution in [1.29, 1.82) is 0 Å². The zero-order chi connectivity index (χ0) is 6.85. The van der Waals surface area contributed by atoms with E-state index in [9.17, 15) is 0 Å². The summed E-state index contributed by atoms with van der Waals surface area (Å²) in [4.78, 5) is 0. The van der Waals surface area contributed by atoms with Gasteiger partial charge in [0.2, 0.25) is 0 Å². The summed E-state index contributed by atoms with van der Waals surface area (Å²) in [6.07, 6.45) is 0. The zero-order valence-electron chi connectivity index (χ0n) is 6.14. The molecule has 0 nitrogen and oxygen atoms in total. The first-order chi connectivity index (χ1) is 4.22. The second-order valence-corrected chi connectivity index (χ2v) is 3.38. The smallest absolute Gasteiger partial charge is 0.147 e. The van der Waals surface area contributed by atoms with Crippen molar-refractivity contribution in [2.45, 2.75) is 13.8 Å². The van der Waals surface area contributed by atoms with Gasteiger partial charge in [-0.15, -0.1) is 12.4 Å². The molecule has 1 aromatic rings. The molecular formula is C8H10ClGe. The predicted molar refractivity (Wildman–Crippen MR) is 48.6 cm³/mol. The van der Waals surface area contributed by atoms with Crippen LogP contribution >= 0.6 is 12.4 Å². The molecule has 0 spiro atoms. The fraction of sp³-hybridized carbons (Fsp3) is 0.250. The summed E-state index contributed by atoms with van der Waals surface area (Å²) < 4.78 is 1.38. The monoisotopic (exact) mass is 215 g/mol. The van der Waals surface area contributed by atoms with E-state index < -0.39 is 0 Å². The molecule has 0 unspecified atom stereocenters. The summed E-state index contributed by atoms with van der Waals surface area (Å²) in [5, 5.41) is 0. The predicted octanol–water partition coefficient (Wildman–Crippen LogP) is 1.52. The van der Waals surface area contributed by atoms with Crippen LogP contribution in [0.4, 0.5) is 0 Å². The maximum absolute atomic E-state index is 2.16. The molecule has 0 aliphatic heterocycles. The maximum atomic E-state index is 2.16. The van der Waals surface area contributed by atoms with Gasteiger partial charge in [0.1, 0.15) is 0 Å². The molecule has 0 heterocycles. The van der Waals surface area contributed by atoms with Gasteiger partial charge in [0.15, 0.2) is 0 Å². The van der Waals surface area contributed by atoms with Crippen LogP contribution in [0, 0.1) is 13.8 Å². The van der Waals surface area contributed by atoms with Crippen molar-refractivity contribution >= 4 is 33.3 Å². The Balaban J connectivity index is 0.000000810. The SMILES string of the molecule is Cc1ccc[c]([Ge])c1C.Cl. The van der Waals surface area contributed by atoms with Gasteiger partial charge < -0.3 is 0 Å². The average Bonchev–Trinajstić information content (AvgIpc) is 1.83. The number of halogens is 1. The minimum atomic E-state index is 0. The van der Waals surface area contributed by atoms with Gasteiger partial charge in [0.05, 0.1) is 0 Å². The van der Waals surface area contributed by atoms with Gasteiger partial charge >= 0.3 is 64.1 Å². The molecule has 1 rings (SSSR count). The molecule has 0 bridgehead atoms. The third-order valence-corrected chi connectivity index (χ3v) is 2.74. The summed E-state index contributed by atoms with van der Waals surface area (Å²) in [5.41, 5.74) is 2.80. The van der Waals surface area contributed by atoms with Crippen LogP contribution in [-0.4, -0.2) is 16.5 Å². The van der Waals surface area contributed by atoms with E-state index >= 15 is 0 Å². The van der Waals surface area contributed by atoms with Crippen molar-refractivity contribution in [3.8, 4) is 0 Å². The largest absolute Gasteiger partial charge is 0.147 e. The molecule has 0 amide bonds. The molecule has 0 aromatic heterocycles. The molecule has 1 aromatic carbocycles. The number of benzene rings is 1. The first kappa shape index (κ1) is 10.1. The van der Waals surface area contributed by atoms with Crippen LogP contribution in [0.25, 0.3) is 0 Å². The maximum Gasteiger partial charge on any atom is -0.147 e. The second-order valence-electron chi connectivity index (χ2n) is 2.25. The van der Waals surface area contributed by atoms with Crippen molar-refractivity contribution in [3.63, 3.8) is 0 Å². The van der Waals surface area contributed by atoms with Crippen LogP contribution in [0.3, 0.4) is 0 Å². The Kier molecular flexibility index (Phi) is 4.06. The van der Waals surface area contributed by atoms with Gasteiger partial charge in [-0.2, -0.15) is 0 Å². The Hall–Kier alpha value is 0.0529. The summed E-state index contributed by atoms with van der Waals surface area (Å²) >= 11 is 2.14. The van der Waals surface area contributed by atoms with E-state index in [1.165, 1.54) is 15.5 Å². The van der Waals surface area contributed by atoms with Crippen molar-refractivity contribution in [2.24, 2.45) is 0 Å². The summed E-state index contributed by atoms with van der Waals surface area (Å²) in [7, 11) is 0. The van der Waals surface area contributed by atoms with Crippen molar-refractivity contribution in [1.82, 2.24) is 0 Å². The Morgan fingerprint density at radius 1 is 1.20 bits per heavy atom. The van der Waals surface area contributed by atoms with Crippen molar-refractivity contribution < 1.29 is 0 Å². The van der Waals surface area contributed by atoms with Crippen LogP contribution < -0.4 is 4.40 Å². The van der Waals surface area contributed by atoms with E-state index in [2.05, 4.69) is 48.6 Å². The van der Waals surface area contributed by atoms with E-state index in [1.807, 2.05) is 0 Å². The molecule has 3 radical (unpaired) electrons. The number of hydrogen-bond acceptors (Lipinski definition) is 0. The molecule has 10 heavy (non-hydrogen) atoms. The van der Waals surface area contributed by atoms with E-state index in [0.717, 1.165) is 0 Å². The summed E-state index contributed by atoms with van der Waals surface area (Å²) in [6, 6.07) is 6.38. The van der Waals surface area contributed by atoms with E-state index in [1.54, 1.807) is 0 Å². The van der Waals surface area contributed by atoms with Gasteiger partial charge in [-0.1, -0.05) is 0 Å². The quantitative estimate of drug-likeness (QED) is 0.574. The fourth-order valence-corrected chi connectivity index (χ4v) is 1.37. The van der Waals surface area contributed by atoms with Gasteiger partial charge in [-0.25, -0.2) is 0 Å². The molecular weight excluding hydrogens is 204 g/mol. The van der Waals surface area contributed by atoms with Crippen LogP contribution in [-0.2, 0) is 0 Å². The Bertz CT molecular complexity index is 200. The molecule has 53 valence electrons. The van der Waals surface area contributed by atoms with Gasteiger partial charge in [0.25, 0.3) is 0 Å². The number of aryl methyl sites for hydroxylation is 1. The van der Waals surface area contributed by atoms with E-state index in [0.29, 0.717) is 0 Å². The minimum Gasteiger partial charge on any atom is -0.147 e. The molecule has 0 N–H and O–H groups in total. The van der Waals surface area contributed by atoms with Crippen LogP contribution in [0.1, 0.15) is 11.1 Å². The van der Waals surface area contributed by atoms with E-state index in [-0.39, 0.29) is 12.4 Å². The topological polar surface area (TPSA) is 0 Å². The molecule has 0 aliphatic rings. The Labute approximate surface area is 76.7 Å². The molecule has 2 heteroatoms. The van der Waals surface area contributed by atoms with Crippen LogP contribution in [0.15, 0.2) is 18.2 Å². The number of rotatable bonds is 0. The third kappa shape index (κ3) is 2.03. The Morgan fingerprint density at radius 3 is 2.20 bits per heavy atom. The van der Waals surface area contributed by atoms with Crippen molar-refractivity contribution in [3.05, 3.63) is 29.3 Å². The zero-order valence-corrected chi connectivity index (χ0v) is 9.05. The van der Waals surface area contributed by atoms with Crippen LogP contribution in [0.2, 0.25) is 0 Å². The van der Waals surface area contributed by atoms with Gasteiger partial charge in [-0.05, 0) is 0 Å². The standard InChI is InChI=1S/C8H9Ge.ClH/c1-6-4-3-5-8(9)7(6)2;/h3-5H,1-2H3;1H. The summed E-state index contributed by atoms with van der Waals surface area (Å²) in [5.74, 6) is 0. The molecule has 0 fully saturated rings. The normalized spacial score (nSPS) is 8.70. The average molecular weight is 214 g/mol. The Morgan fingerprint density at radius 2 is 1.80 bits per heavy atom. The summed E-state index contributed by atoms with van der Waals surface area (Å²) in [6.45, 7) is 4.30. The van der Waals surface area contributed by atoms with Gasteiger partial charge in [-0.3, -0.25) is 0 Å². The van der Waals surface area contributed by atoms with E-state index in [4.69, 9.17) is 0 Å². The minimum absolute atomic E-state index is 0. The molecule has 0 atom stereocenters. The molecule has 0 saturated heterocycles. The molecule has 0 saturated carbocycles. The first-order valence-electron chi connectivity index (χ1n) is 2.99. The van der Waals surface area contributed by atoms with Crippen LogP contribution in [0.5, 0.6) is 0 Å². The molecule has 0 aliphatic carbocycles. The van der Waals surface area contributed by atoms with Crippen molar-refractivity contribution in [2.75, 3.05) is 0 Å². The second kappa shape index (κ2) is 4.04. The van der Waals surface area contributed by atoms with Gasteiger partial charge in [0, 0.05) is 0 Å². The first-order valence-corrected chi connectivity index (χ1v) is 4.04. The number of hydrogen-bond donors (Lipinski definition) is 0. The fourth-order valence-electron chi connectivity index (χ4n) is 0.751. The third-order valence-electron chi connectivity index (χ3n) is 1.60.